The smallest absolute Gasteiger partial charge is 0.159 e. The quantitative estimate of drug-likeness (QED) is 0.841. The van der Waals surface area contributed by atoms with Crippen LogP contribution in [-0.4, -0.2) is 18.9 Å². The van der Waals surface area contributed by atoms with Gasteiger partial charge in [0.1, 0.15) is 5.82 Å². The first-order chi connectivity index (χ1) is 9.52. The number of rotatable bonds is 2. The Labute approximate surface area is 117 Å². The Morgan fingerprint density at radius 2 is 2.15 bits per heavy atom. The fraction of sp³-hybridized carbons (Fsp3) is 0.400. The molecule has 1 fully saturated rings. The highest BCUT2D eigenvalue weighted by Crippen LogP contribution is 2.41. The van der Waals surface area contributed by atoms with Crippen molar-refractivity contribution in [3.8, 4) is 6.07 Å². The van der Waals surface area contributed by atoms with Crippen LogP contribution in [0.3, 0.4) is 0 Å². The highest BCUT2D eigenvalue weighted by Gasteiger charge is 2.43. The lowest BCUT2D eigenvalue weighted by molar-refractivity contribution is 0.584. The summed E-state index contributed by atoms with van der Waals surface area (Å²) in [6.45, 7) is 0. The van der Waals surface area contributed by atoms with Gasteiger partial charge in [-0.15, -0.1) is 0 Å². The molecule has 0 saturated carbocycles. The molecule has 5 heteroatoms. The SMILES string of the molecule is N#CCc1ccc(C2=CC3CCC(C2)S3(=O)=O)c(F)c1. The molecular weight excluding hydrogens is 277 g/mol. The summed E-state index contributed by atoms with van der Waals surface area (Å²) in [7, 11) is -3.04. The topological polar surface area (TPSA) is 57.9 Å². The number of benzene rings is 1. The fourth-order valence-electron chi connectivity index (χ4n) is 3.08. The largest absolute Gasteiger partial charge is 0.228 e. The van der Waals surface area contributed by atoms with Crippen molar-refractivity contribution in [1.82, 2.24) is 0 Å². The normalized spacial score (nSPS) is 26.9. The number of hydrogen-bond donors (Lipinski definition) is 0. The van der Waals surface area contributed by atoms with E-state index in [1.807, 2.05) is 6.07 Å². The lowest BCUT2D eigenvalue weighted by Crippen LogP contribution is -2.26. The van der Waals surface area contributed by atoms with Crippen LogP contribution in [0.1, 0.15) is 30.4 Å². The molecule has 2 atom stereocenters. The Morgan fingerprint density at radius 1 is 1.35 bits per heavy atom. The number of nitrogens with zero attached hydrogens (tertiary/aromatic N) is 1. The molecule has 0 amide bonds. The number of sulfone groups is 1. The standard InChI is InChI=1S/C15H14FNO2S/c16-15-7-10(5-6-17)1-4-14(15)11-8-12-2-3-13(9-11)20(12,18)19/h1,4,7-8,12-13H,2-3,5,9H2. The Morgan fingerprint density at radius 3 is 2.80 bits per heavy atom. The molecule has 0 N–H and O–H groups in total. The molecule has 0 radical (unpaired) electrons. The van der Waals surface area contributed by atoms with Crippen molar-refractivity contribution < 1.29 is 12.8 Å². The van der Waals surface area contributed by atoms with Crippen LogP contribution in [0, 0.1) is 17.1 Å². The molecule has 0 spiro atoms. The molecule has 2 unspecified atom stereocenters. The third-order valence-electron chi connectivity index (χ3n) is 4.16. The van der Waals surface area contributed by atoms with Gasteiger partial charge < -0.3 is 0 Å². The lowest BCUT2D eigenvalue weighted by atomic mass is 9.98. The molecule has 2 heterocycles. The van der Waals surface area contributed by atoms with E-state index in [1.54, 1.807) is 18.2 Å². The van der Waals surface area contributed by atoms with Gasteiger partial charge >= 0.3 is 0 Å². The number of fused-ring (bicyclic) bond motifs is 2. The zero-order valence-electron chi connectivity index (χ0n) is 10.8. The van der Waals surface area contributed by atoms with E-state index in [1.165, 1.54) is 6.07 Å². The van der Waals surface area contributed by atoms with Crippen molar-refractivity contribution in [3.05, 3.63) is 41.2 Å². The van der Waals surface area contributed by atoms with Crippen LogP contribution >= 0.6 is 0 Å². The van der Waals surface area contributed by atoms with Gasteiger partial charge in [0.15, 0.2) is 9.84 Å². The summed E-state index contributed by atoms with van der Waals surface area (Å²) in [6, 6.07) is 6.74. The molecule has 2 aliphatic heterocycles. The minimum atomic E-state index is -3.04. The first kappa shape index (κ1) is 13.3. The second-order valence-corrected chi connectivity index (χ2v) is 7.82. The van der Waals surface area contributed by atoms with Crippen molar-refractivity contribution in [2.75, 3.05) is 0 Å². The molecule has 0 aromatic heterocycles. The van der Waals surface area contributed by atoms with Crippen LogP contribution in [0.2, 0.25) is 0 Å². The van der Waals surface area contributed by atoms with Crippen molar-refractivity contribution in [1.29, 1.82) is 5.26 Å². The zero-order chi connectivity index (χ0) is 14.3. The third-order valence-corrected chi connectivity index (χ3v) is 6.70. The van der Waals surface area contributed by atoms with E-state index < -0.39 is 15.1 Å². The van der Waals surface area contributed by atoms with E-state index in [2.05, 4.69) is 0 Å². The van der Waals surface area contributed by atoms with Crippen LogP contribution < -0.4 is 0 Å². The summed E-state index contributed by atoms with van der Waals surface area (Å²) in [6.07, 6.45) is 3.59. The van der Waals surface area contributed by atoms with Gasteiger partial charge in [-0.3, -0.25) is 0 Å². The van der Waals surface area contributed by atoms with Crippen LogP contribution in [-0.2, 0) is 16.3 Å². The van der Waals surface area contributed by atoms with Gasteiger partial charge in [-0.1, -0.05) is 18.2 Å². The number of hydrogen-bond acceptors (Lipinski definition) is 3. The van der Waals surface area contributed by atoms with Gasteiger partial charge in [0.05, 0.1) is 23.0 Å². The van der Waals surface area contributed by atoms with E-state index in [-0.39, 0.29) is 17.5 Å². The van der Waals surface area contributed by atoms with Crippen molar-refractivity contribution in [2.45, 2.75) is 36.2 Å². The van der Waals surface area contributed by atoms with E-state index in [4.69, 9.17) is 5.26 Å². The molecule has 1 aromatic carbocycles. The van der Waals surface area contributed by atoms with Crippen LogP contribution in [0.5, 0.6) is 0 Å². The average molecular weight is 291 g/mol. The van der Waals surface area contributed by atoms with Gasteiger partial charge in [0, 0.05) is 5.56 Å². The fourth-order valence-corrected chi connectivity index (χ4v) is 5.27. The minimum absolute atomic E-state index is 0.176. The highest BCUT2D eigenvalue weighted by molar-refractivity contribution is 7.93. The molecular formula is C15H14FNO2S. The highest BCUT2D eigenvalue weighted by atomic mass is 32.2. The molecule has 104 valence electrons. The Balaban J connectivity index is 1.98. The molecule has 20 heavy (non-hydrogen) atoms. The number of allylic oxidation sites excluding steroid dienone is 1. The summed E-state index contributed by atoms with van der Waals surface area (Å²) in [5.74, 6) is -0.373. The zero-order valence-corrected chi connectivity index (χ0v) is 11.7. The van der Waals surface area contributed by atoms with Crippen LogP contribution in [0.25, 0.3) is 5.57 Å². The Bertz CT molecular complexity index is 731. The van der Waals surface area contributed by atoms with Crippen molar-refractivity contribution in [2.24, 2.45) is 0 Å². The maximum Gasteiger partial charge on any atom is 0.159 e. The molecule has 2 aliphatic rings. The second kappa shape index (κ2) is 4.71. The van der Waals surface area contributed by atoms with E-state index in [9.17, 15) is 12.8 Å². The summed E-state index contributed by atoms with van der Waals surface area (Å²) in [4.78, 5) is 0. The Kier molecular flexibility index (Phi) is 3.14. The first-order valence-corrected chi connectivity index (χ1v) is 8.22. The van der Waals surface area contributed by atoms with Gasteiger partial charge in [0.2, 0.25) is 0 Å². The van der Waals surface area contributed by atoms with E-state index in [0.29, 0.717) is 30.4 Å². The molecule has 1 aromatic rings. The maximum absolute atomic E-state index is 14.1. The summed E-state index contributed by atoms with van der Waals surface area (Å²) >= 11 is 0. The average Bonchev–Trinajstić information content (AvgIpc) is 2.59. The van der Waals surface area contributed by atoms with E-state index in [0.717, 1.165) is 5.57 Å². The molecule has 2 bridgehead atoms. The Hall–Kier alpha value is -1.67. The minimum Gasteiger partial charge on any atom is -0.228 e. The monoisotopic (exact) mass is 291 g/mol. The van der Waals surface area contributed by atoms with Gasteiger partial charge in [-0.25, -0.2) is 12.8 Å². The summed E-state index contributed by atoms with van der Waals surface area (Å²) < 4.78 is 38.1. The molecule has 3 nitrogen and oxygen atoms in total. The first-order valence-electron chi connectivity index (χ1n) is 6.61. The summed E-state index contributed by atoms with van der Waals surface area (Å²) in [5.41, 5.74) is 1.90. The summed E-state index contributed by atoms with van der Waals surface area (Å²) in [5, 5.41) is 7.81. The third kappa shape index (κ3) is 2.04. The predicted octanol–water partition coefficient (Wildman–Crippen LogP) is 2.62. The van der Waals surface area contributed by atoms with Gasteiger partial charge in [-0.2, -0.15) is 5.26 Å². The maximum atomic E-state index is 14.1. The molecule has 0 aliphatic carbocycles. The molecule has 3 rings (SSSR count). The van der Waals surface area contributed by atoms with Crippen LogP contribution in [0.4, 0.5) is 4.39 Å². The number of nitriles is 1. The van der Waals surface area contributed by atoms with Gasteiger partial charge in [0.25, 0.3) is 0 Å². The second-order valence-electron chi connectivity index (χ2n) is 5.37. The van der Waals surface area contributed by atoms with Crippen molar-refractivity contribution >= 4 is 15.4 Å². The van der Waals surface area contributed by atoms with Crippen LogP contribution in [0.15, 0.2) is 24.3 Å². The molecule has 1 saturated heterocycles. The van der Waals surface area contributed by atoms with Crippen molar-refractivity contribution in [3.63, 3.8) is 0 Å². The lowest BCUT2D eigenvalue weighted by Gasteiger charge is -2.21. The number of halogens is 1. The van der Waals surface area contributed by atoms with Gasteiger partial charge in [-0.05, 0) is 36.5 Å². The van der Waals surface area contributed by atoms with E-state index >= 15 is 0 Å². The predicted molar refractivity (Wildman–Crippen MR) is 74.0 cm³/mol.